The lowest BCUT2D eigenvalue weighted by Gasteiger charge is -2.20. The second-order valence-corrected chi connectivity index (χ2v) is 5.92. The SMILES string of the molecule is COc1ccc(S(=O)(=O)[O-])c(-c2c(F)c(F)c(F)c(F)c2F)c1OC. The molecule has 0 aromatic heterocycles. The molecular weight excluding hydrogens is 375 g/mol. The van der Waals surface area contributed by atoms with E-state index in [1.807, 2.05) is 0 Å². The summed E-state index contributed by atoms with van der Waals surface area (Å²) in [4.78, 5) is -1.24. The van der Waals surface area contributed by atoms with Crippen molar-refractivity contribution < 1.29 is 44.4 Å². The molecule has 0 aliphatic rings. The Labute approximate surface area is 138 Å². The van der Waals surface area contributed by atoms with Crippen molar-refractivity contribution in [2.45, 2.75) is 4.90 Å². The van der Waals surface area contributed by atoms with Gasteiger partial charge in [0, 0.05) is 0 Å². The molecule has 0 heterocycles. The molecule has 0 aliphatic carbocycles. The maximum absolute atomic E-state index is 14.1. The molecule has 2 aromatic rings. The molecule has 0 N–H and O–H groups in total. The van der Waals surface area contributed by atoms with Gasteiger partial charge in [-0.3, -0.25) is 0 Å². The average molecular weight is 383 g/mol. The highest BCUT2D eigenvalue weighted by Crippen LogP contribution is 2.45. The fourth-order valence-corrected chi connectivity index (χ4v) is 2.86. The van der Waals surface area contributed by atoms with Gasteiger partial charge in [0.25, 0.3) is 0 Å². The lowest BCUT2D eigenvalue weighted by molar-refractivity contribution is 0.353. The van der Waals surface area contributed by atoms with Crippen LogP contribution in [0.5, 0.6) is 11.5 Å². The molecule has 0 radical (unpaired) electrons. The Bertz CT molecular complexity index is 930. The molecule has 0 spiro atoms. The lowest BCUT2D eigenvalue weighted by Crippen LogP contribution is -2.09. The zero-order chi connectivity index (χ0) is 19.1. The first-order valence-corrected chi connectivity index (χ1v) is 7.69. The summed E-state index contributed by atoms with van der Waals surface area (Å²) < 4.78 is 112. The summed E-state index contributed by atoms with van der Waals surface area (Å²) in [5.41, 5.74) is -2.76. The molecule has 11 heteroatoms. The van der Waals surface area contributed by atoms with E-state index in [0.717, 1.165) is 20.3 Å². The average Bonchev–Trinajstić information content (AvgIpc) is 2.56. The molecule has 0 saturated carbocycles. The number of ether oxygens (including phenoxy) is 2. The quantitative estimate of drug-likeness (QED) is 0.351. The standard InChI is InChI=1S/C14H9F5O5S/c1-23-5-3-4-6(25(20,21)22)7(14(5)24-2)8-9(15)11(17)13(19)12(18)10(8)16/h3-4H,1-2H3,(H,20,21,22)/p-1. The molecule has 0 saturated heterocycles. The first kappa shape index (κ1) is 18.9. The zero-order valence-corrected chi connectivity index (χ0v) is 13.3. The van der Waals surface area contributed by atoms with Gasteiger partial charge in [-0.1, -0.05) is 0 Å². The highest BCUT2D eigenvalue weighted by atomic mass is 32.2. The number of hydrogen-bond acceptors (Lipinski definition) is 5. The van der Waals surface area contributed by atoms with Crippen molar-refractivity contribution in [2.24, 2.45) is 0 Å². The third kappa shape index (κ3) is 3.00. The largest absolute Gasteiger partial charge is 0.744 e. The summed E-state index contributed by atoms with van der Waals surface area (Å²) in [5.74, 6) is -12.7. The van der Waals surface area contributed by atoms with Crippen LogP contribution in [0.3, 0.4) is 0 Å². The maximum atomic E-state index is 14.1. The Kier molecular flexibility index (Phi) is 4.91. The molecule has 0 atom stereocenters. The molecule has 0 amide bonds. The lowest BCUT2D eigenvalue weighted by atomic mass is 10.0. The molecule has 0 aliphatic heterocycles. The van der Waals surface area contributed by atoms with E-state index in [4.69, 9.17) is 9.47 Å². The summed E-state index contributed by atoms with van der Waals surface area (Å²) in [6.45, 7) is 0. The molecule has 136 valence electrons. The van der Waals surface area contributed by atoms with Gasteiger partial charge in [-0.05, 0) is 12.1 Å². The zero-order valence-electron chi connectivity index (χ0n) is 12.5. The summed E-state index contributed by atoms with van der Waals surface area (Å²) in [6.07, 6.45) is 0. The van der Waals surface area contributed by atoms with Crippen LogP contribution >= 0.6 is 0 Å². The van der Waals surface area contributed by atoms with E-state index in [-0.39, 0.29) is 5.75 Å². The number of rotatable bonds is 4. The molecule has 25 heavy (non-hydrogen) atoms. The number of benzene rings is 2. The molecule has 2 rings (SSSR count). The second kappa shape index (κ2) is 6.48. The van der Waals surface area contributed by atoms with Crippen molar-refractivity contribution in [3.63, 3.8) is 0 Å². The van der Waals surface area contributed by atoms with Gasteiger partial charge >= 0.3 is 0 Å². The number of halogens is 5. The fourth-order valence-electron chi connectivity index (χ4n) is 2.18. The highest BCUT2D eigenvalue weighted by Gasteiger charge is 2.32. The van der Waals surface area contributed by atoms with Crippen LogP contribution < -0.4 is 9.47 Å². The topological polar surface area (TPSA) is 75.7 Å². The van der Waals surface area contributed by atoms with Crippen molar-refractivity contribution in [3.8, 4) is 22.6 Å². The fraction of sp³-hybridized carbons (Fsp3) is 0.143. The van der Waals surface area contributed by atoms with Gasteiger partial charge in [0.1, 0.15) is 10.1 Å². The van der Waals surface area contributed by atoms with Gasteiger partial charge < -0.3 is 14.0 Å². The monoisotopic (exact) mass is 383 g/mol. The smallest absolute Gasteiger partial charge is 0.200 e. The van der Waals surface area contributed by atoms with Crippen molar-refractivity contribution in [1.29, 1.82) is 0 Å². The number of methoxy groups -OCH3 is 2. The molecular formula is C14H8F5O5S-. The molecule has 0 bridgehead atoms. The van der Waals surface area contributed by atoms with Gasteiger partial charge in [-0.15, -0.1) is 0 Å². The van der Waals surface area contributed by atoms with E-state index in [1.165, 1.54) is 0 Å². The van der Waals surface area contributed by atoms with E-state index in [2.05, 4.69) is 0 Å². The minimum Gasteiger partial charge on any atom is -0.744 e. The van der Waals surface area contributed by atoms with E-state index in [1.54, 1.807) is 0 Å². The first-order valence-electron chi connectivity index (χ1n) is 6.28. The van der Waals surface area contributed by atoms with E-state index in [0.29, 0.717) is 6.07 Å². The van der Waals surface area contributed by atoms with Crippen molar-refractivity contribution in [3.05, 3.63) is 41.2 Å². The Morgan fingerprint density at radius 2 is 1.28 bits per heavy atom. The Balaban J connectivity index is 3.12. The van der Waals surface area contributed by atoms with Crippen molar-refractivity contribution in [1.82, 2.24) is 0 Å². The summed E-state index contributed by atoms with van der Waals surface area (Å²) in [5, 5.41) is 0. The van der Waals surface area contributed by atoms with Gasteiger partial charge in [0.2, 0.25) is 5.82 Å². The molecule has 2 aromatic carbocycles. The Hall–Kier alpha value is -2.40. The Morgan fingerprint density at radius 1 is 0.800 bits per heavy atom. The number of hydrogen-bond donors (Lipinski definition) is 0. The van der Waals surface area contributed by atoms with Crippen LogP contribution in [0.25, 0.3) is 11.1 Å². The summed E-state index contributed by atoms with van der Waals surface area (Å²) in [7, 11) is -3.37. The minimum atomic E-state index is -5.37. The highest BCUT2D eigenvalue weighted by molar-refractivity contribution is 7.85. The summed E-state index contributed by atoms with van der Waals surface area (Å²) >= 11 is 0. The van der Waals surface area contributed by atoms with Crippen LogP contribution in [-0.4, -0.2) is 27.2 Å². The third-order valence-electron chi connectivity index (χ3n) is 3.24. The van der Waals surface area contributed by atoms with Crippen LogP contribution in [0.1, 0.15) is 0 Å². The first-order chi connectivity index (χ1) is 11.6. The maximum Gasteiger partial charge on any atom is 0.200 e. The van der Waals surface area contributed by atoms with Crippen LogP contribution in [0, 0.1) is 29.1 Å². The summed E-state index contributed by atoms with van der Waals surface area (Å²) in [6, 6.07) is 1.54. The van der Waals surface area contributed by atoms with Crippen LogP contribution in [-0.2, 0) is 10.1 Å². The predicted octanol–water partition coefficient (Wildman–Crippen LogP) is 2.97. The van der Waals surface area contributed by atoms with Gasteiger partial charge in [-0.25, -0.2) is 30.4 Å². The predicted molar refractivity (Wildman–Crippen MR) is 72.7 cm³/mol. The van der Waals surface area contributed by atoms with Gasteiger partial charge in [0.15, 0.2) is 34.8 Å². The molecule has 0 unspecified atom stereocenters. The van der Waals surface area contributed by atoms with Crippen LogP contribution in [0.2, 0.25) is 0 Å². The van der Waals surface area contributed by atoms with Crippen LogP contribution in [0.4, 0.5) is 22.0 Å². The van der Waals surface area contributed by atoms with Gasteiger partial charge in [0.05, 0.1) is 30.2 Å². The van der Waals surface area contributed by atoms with E-state index in [9.17, 15) is 34.9 Å². The third-order valence-corrected chi connectivity index (χ3v) is 4.12. The molecule has 5 nitrogen and oxygen atoms in total. The Morgan fingerprint density at radius 3 is 1.68 bits per heavy atom. The second-order valence-electron chi connectivity index (χ2n) is 4.57. The van der Waals surface area contributed by atoms with Gasteiger partial charge in [-0.2, -0.15) is 0 Å². The minimum absolute atomic E-state index is 0.297. The molecule has 0 fully saturated rings. The van der Waals surface area contributed by atoms with Crippen LogP contribution in [0.15, 0.2) is 17.0 Å². The van der Waals surface area contributed by atoms with E-state index >= 15 is 0 Å². The van der Waals surface area contributed by atoms with Crippen molar-refractivity contribution >= 4 is 10.1 Å². The normalized spacial score (nSPS) is 11.5. The van der Waals surface area contributed by atoms with E-state index < -0.39 is 61.0 Å². The van der Waals surface area contributed by atoms with Crippen molar-refractivity contribution in [2.75, 3.05) is 14.2 Å².